The van der Waals surface area contributed by atoms with Gasteiger partial charge >= 0.3 is 0 Å². The smallest absolute Gasteiger partial charge is 0.0354 e. The largest absolute Gasteiger partial charge is 0.398 e. The van der Waals surface area contributed by atoms with Crippen LogP contribution in [0.25, 0.3) is 0 Å². The van der Waals surface area contributed by atoms with E-state index in [0.717, 1.165) is 11.4 Å². The number of benzene rings is 2. The molecule has 0 fully saturated rings. The number of hydrogen-bond donors (Lipinski definition) is 1. The van der Waals surface area contributed by atoms with Crippen molar-refractivity contribution in [2.45, 2.75) is 24.2 Å². The maximum Gasteiger partial charge on any atom is 0.0354 e. The molecule has 2 aromatic rings. The highest BCUT2D eigenvalue weighted by molar-refractivity contribution is 7.99. The second-order valence-electron chi connectivity index (χ2n) is 4.88. The first-order chi connectivity index (χ1) is 8.75. The van der Waals surface area contributed by atoms with Crippen molar-refractivity contribution >= 4 is 17.4 Å². The fraction of sp³-hybridized carbons (Fsp3) is 0.250. The number of nitrogen functional groups attached to an aromatic ring is 1. The first-order valence-electron chi connectivity index (χ1n) is 6.31. The van der Waals surface area contributed by atoms with Crippen molar-refractivity contribution in [2.75, 3.05) is 11.5 Å². The second-order valence-corrected chi connectivity index (χ2v) is 5.94. The molecule has 18 heavy (non-hydrogen) atoms. The van der Waals surface area contributed by atoms with Gasteiger partial charge in [-0.1, -0.05) is 30.3 Å². The van der Waals surface area contributed by atoms with Gasteiger partial charge in [0.1, 0.15) is 0 Å². The SMILES string of the molecule is Cc1c(N)cccc1SCC1Cc2ccccc21. The van der Waals surface area contributed by atoms with E-state index in [4.69, 9.17) is 5.73 Å². The molecule has 1 nitrogen and oxygen atoms in total. The number of fused-ring (bicyclic) bond motifs is 1. The quantitative estimate of drug-likeness (QED) is 0.662. The predicted molar refractivity (Wildman–Crippen MR) is 79.2 cm³/mol. The third-order valence-electron chi connectivity index (χ3n) is 3.73. The zero-order valence-electron chi connectivity index (χ0n) is 10.5. The Morgan fingerprint density at radius 3 is 2.83 bits per heavy atom. The highest BCUT2D eigenvalue weighted by Gasteiger charge is 2.25. The standard InChI is InChI=1S/C16H17NS/c1-11-15(17)7-4-8-16(11)18-10-13-9-12-5-2-3-6-14(12)13/h2-8,13H,9-10,17H2,1H3. The van der Waals surface area contributed by atoms with Crippen molar-refractivity contribution < 1.29 is 0 Å². The fourth-order valence-corrected chi connectivity index (χ4v) is 3.68. The molecule has 2 aromatic carbocycles. The molecule has 2 heteroatoms. The highest BCUT2D eigenvalue weighted by Crippen LogP contribution is 2.39. The van der Waals surface area contributed by atoms with E-state index in [0.29, 0.717) is 5.92 Å². The van der Waals surface area contributed by atoms with Gasteiger partial charge < -0.3 is 5.73 Å². The zero-order valence-corrected chi connectivity index (χ0v) is 11.3. The molecule has 1 atom stereocenters. The topological polar surface area (TPSA) is 26.0 Å². The molecule has 2 N–H and O–H groups in total. The van der Waals surface area contributed by atoms with Crippen LogP contribution in [0.4, 0.5) is 5.69 Å². The molecule has 0 heterocycles. The third-order valence-corrected chi connectivity index (χ3v) is 5.05. The van der Waals surface area contributed by atoms with Gasteiger partial charge in [0.05, 0.1) is 0 Å². The van der Waals surface area contributed by atoms with Gasteiger partial charge in [-0.15, -0.1) is 11.8 Å². The zero-order chi connectivity index (χ0) is 12.5. The van der Waals surface area contributed by atoms with Crippen LogP contribution in [-0.4, -0.2) is 5.75 Å². The van der Waals surface area contributed by atoms with Crippen molar-refractivity contribution in [2.24, 2.45) is 0 Å². The number of thioether (sulfide) groups is 1. The molecule has 1 aliphatic rings. The average molecular weight is 255 g/mol. The predicted octanol–water partition coefficient (Wildman–Crippen LogP) is 4.01. The molecule has 0 aromatic heterocycles. The Balaban J connectivity index is 1.69. The Morgan fingerprint density at radius 1 is 1.17 bits per heavy atom. The van der Waals surface area contributed by atoms with Crippen LogP contribution in [0.15, 0.2) is 47.4 Å². The van der Waals surface area contributed by atoms with E-state index in [-0.39, 0.29) is 0 Å². The van der Waals surface area contributed by atoms with E-state index in [2.05, 4.69) is 37.3 Å². The van der Waals surface area contributed by atoms with Crippen LogP contribution in [-0.2, 0) is 6.42 Å². The number of nitrogens with two attached hydrogens (primary N) is 1. The third kappa shape index (κ3) is 2.01. The van der Waals surface area contributed by atoms with Crippen LogP contribution in [0.3, 0.4) is 0 Å². The monoisotopic (exact) mass is 255 g/mol. The van der Waals surface area contributed by atoms with Gasteiger partial charge in [0, 0.05) is 16.3 Å². The second kappa shape index (κ2) is 4.69. The molecule has 0 spiro atoms. The Morgan fingerprint density at radius 2 is 2.00 bits per heavy atom. The molecule has 3 rings (SSSR count). The van der Waals surface area contributed by atoms with Crippen molar-refractivity contribution in [3.8, 4) is 0 Å². The number of hydrogen-bond acceptors (Lipinski definition) is 2. The van der Waals surface area contributed by atoms with Gasteiger partial charge in [0.25, 0.3) is 0 Å². The van der Waals surface area contributed by atoms with Crippen LogP contribution >= 0.6 is 11.8 Å². The summed E-state index contributed by atoms with van der Waals surface area (Å²) in [4.78, 5) is 1.32. The first kappa shape index (κ1) is 11.7. The lowest BCUT2D eigenvalue weighted by Crippen LogP contribution is -2.18. The molecular weight excluding hydrogens is 238 g/mol. The van der Waals surface area contributed by atoms with Gasteiger partial charge in [-0.25, -0.2) is 0 Å². The summed E-state index contributed by atoms with van der Waals surface area (Å²) < 4.78 is 0. The lowest BCUT2D eigenvalue weighted by atomic mass is 9.79. The van der Waals surface area contributed by atoms with Gasteiger partial charge in [-0.2, -0.15) is 0 Å². The molecule has 92 valence electrons. The van der Waals surface area contributed by atoms with Gasteiger partial charge in [-0.05, 0) is 48.1 Å². The van der Waals surface area contributed by atoms with E-state index < -0.39 is 0 Å². The van der Waals surface area contributed by atoms with Crippen LogP contribution in [0, 0.1) is 6.92 Å². The summed E-state index contributed by atoms with van der Waals surface area (Å²) in [6, 6.07) is 14.9. The fourth-order valence-electron chi connectivity index (χ4n) is 2.49. The van der Waals surface area contributed by atoms with Crippen LogP contribution < -0.4 is 5.73 Å². The minimum Gasteiger partial charge on any atom is -0.398 e. The summed E-state index contributed by atoms with van der Waals surface area (Å²) in [6.45, 7) is 2.10. The Hall–Kier alpha value is -1.41. The molecule has 0 aliphatic heterocycles. The molecule has 0 saturated carbocycles. The maximum absolute atomic E-state index is 5.94. The van der Waals surface area contributed by atoms with E-state index in [1.807, 2.05) is 23.9 Å². The Bertz CT molecular complexity index is 577. The van der Waals surface area contributed by atoms with Gasteiger partial charge in [0.15, 0.2) is 0 Å². The first-order valence-corrected chi connectivity index (χ1v) is 7.30. The minimum atomic E-state index is 0.715. The molecule has 1 aliphatic carbocycles. The van der Waals surface area contributed by atoms with Gasteiger partial charge in [0.2, 0.25) is 0 Å². The highest BCUT2D eigenvalue weighted by atomic mass is 32.2. The summed E-state index contributed by atoms with van der Waals surface area (Å²) in [5.74, 6) is 1.87. The summed E-state index contributed by atoms with van der Waals surface area (Å²) in [5.41, 5.74) is 11.1. The lowest BCUT2D eigenvalue weighted by Gasteiger charge is -2.29. The number of anilines is 1. The molecule has 1 unspecified atom stereocenters. The Kier molecular flexibility index (Phi) is 3.04. The summed E-state index contributed by atoms with van der Waals surface area (Å²) in [7, 11) is 0. The van der Waals surface area contributed by atoms with E-state index in [9.17, 15) is 0 Å². The minimum absolute atomic E-state index is 0.715. The molecule has 0 radical (unpaired) electrons. The molecule has 0 saturated heterocycles. The van der Waals surface area contributed by atoms with Crippen molar-refractivity contribution in [1.82, 2.24) is 0 Å². The van der Waals surface area contributed by atoms with Crippen molar-refractivity contribution in [1.29, 1.82) is 0 Å². The molecule has 0 amide bonds. The summed E-state index contributed by atoms with van der Waals surface area (Å²) in [5, 5.41) is 0. The number of rotatable bonds is 3. The summed E-state index contributed by atoms with van der Waals surface area (Å²) >= 11 is 1.93. The molecular formula is C16H17NS. The normalized spacial score (nSPS) is 17.1. The Labute approximate surface area is 112 Å². The van der Waals surface area contributed by atoms with E-state index in [1.165, 1.54) is 28.0 Å². The van der Waals surface area contributed by atoms with Crippen LogP contribution in [0.1, 0.15) is 22.6 Å². The van der Waals surface area contributed by atoms with Crippen molar-refractivity contribution in [3.63, 3.8) is 0 Å². The summed E-state index contributed by atoms with van der Waals surface area (Å²) in [6.07, 6.45) is 1.23. The van der Waals surface area contributed by atoms with E-state index >= 15 is 0 Å². The average Bonchev–Trinajstić information content (AvgIpc) is 2.35. The van der Waals surface area contributed by atoms with Crippen LogP contribution in [0.5, 0.6) is 0 Å². The maximum atomic E-state index is 5.94. The van der Waals surface area contributed by atoms with Gasteiger partial charge in [-0.3, -0.25) is 0 Å². The lowest BCUT2D eigenvalue weighted by molar-refractivity contribution is 0.677. The van der Waals surface area contributed by atoms with E-state index in [1.54, 1.807) is 0 Å². The molecule has 0 bridgehead atoms. The van der Waals surface area contributed by atoms with Crippen LogP contribution in [0.2, 0.25) is 0 Å². The van der Waals surface area contributed by atoms with Crippen molar-refractivity contribution in [3.05, 3.63) is 59.2 Å².